The summed E-state index contributed by atoms with van der Waals surface area (Å²) in [5.74, 6) is 0. The summed E-state index contributed by atoms with van der Waals surface area (Å²) in [4.78, 5) is 19.5. The lowest BCUT2D eigenvalue weighted by Crippen LogP contribution is -1.83. The zero-order chi connectivity index (χ0) is 9.26. The lowest BCUT2D eigenvalue weighted by Gasteiger charge is -1.86. The average molecular weight is 305 g/mol. The molecule has 0 aliphatic carbocycles. The maximum atomic E-state index is 10.4. The molecule has 0 bridgehead atoms. The van der Waals surface area contributed by atoms with Crippen LogP contribution in [0.15, 0.2) is 12.1 Å². The van der Waals surface area contributed by atoms with Crippen molar-refractivity contribution in [3.8, 4) is 0 Å². The van der Waals surface area contributed by atoms with Gasteiger partial charge >= 0.3 is 0 Å². The van der Waals surface area contributed by atoms with Gasteiger partial charge in [0.05, 0.1) is 22.9 Å². The lowest BCUT2D eigenvalue weighted by atomic mass is 10.4. The second-order valence-electron chi connectivity index (χ2n) is 2.29. The van der Waals surface area contributed by atoms with E-state index in [2.05, 4.69) is 13.5 Å². The van der Waals surface area contributed by atoms with Crippen LogP contribution in [0, 0.1) is 0 Å². The lowest BCUT2D eigenvalue weighted by molar-refractivity contribution is 0.111. The van der Waals surface area contributed by atoms with Gasteiger partial charge in [-0.1, -0.05) is 11.3 Å². The molecule has 0 radical (unpaired) electrons. The molecular formula is C7H4IN3OS. The number of aromatic nitrogens is 2. The predicted molar refractivity (Wildman–Crippen MR) is 60.4 cm³/mol. The first kappa shape index (κ1) is 8.82. The van der Waals surface area contributed by atoms with Crippen molar-refractivity contribution in [1.82, 2.24) is 9.97 Å². The van der Waals surface area contributed by atoms with E-state index < -0.39 is 0 Å². The Kier molecular flexibility index (Phi) is 2.40. The normalized spacial score (nSPS) is 10.2. The number of hydrogen-bond donors (Lipinski definition) is 1. The monoisotopic (exact) mass is 305 g/mol. The van der Waals surface area contributed by atoms with Gasteiger partial charge in [-0.3, -0.25) is 4.79 Å². The Hall–Kier alpha value is -0.760. The molecule has 6 heteroatoms. The molecule has 0 atom stereocenters. The predicted octanol–water partition coefficient (Wildman–Crippen LogP) is 2.27. The molecule has 2 aromatic rings. The first-order chi connectivity index (χ1) is 6.33. The molecule has 0 saturated heterocycles. The van der Waals surface area contributed by atoms with E-state index in [4.69, 9.17) is 0 Å². The second kappa shape index (κ2) is 3.54. The minimum absolute atomic E-state index is 0.441. The summed E-state index contributed by atoms with van der Waals surface area (Å²) in [6.07, 6.45) is 0.732. The Labute approximate surface area is 91.9 Å². The molecule has 0 aliphatic heterocycles. The first-order valence-electron chi connectivity index (χ1n) is 3.43. The number of nitrogens with zero attached hydrogens (tertiary/aromatic N) is 2. The van der Waals surface area contributed by atoms with E-state index in [1.165, 1.54) is 11.3 Å². The van der Waals surface area contributed by atoms with E-state index in [1.54, 1.807) is 12.1 Å². The number of fused-ring (bicyclic) bond motifs is 1. The van der Waals surface area contributed by atoms with E-state index in [0.29, 0.717) is 5.69 Å². The standard InChI is InChI=1S/C7H4IN3OS/c8-11-7-10-5-2-1-4(3-12)9-6(5)13-7/h1-3H,(H,10,11). The molecule has 0 aromatic carbocycles. The average Bonchev–Trinajstić information content (AvgIpc) is 2.58. The number of halogens is 1. The Bertz CT molecular complexity index is 456. The Morgan fingerprint density at radius 3 is 3.00 bits per heavy atom. The summed E-state index contributed by atoms with van der Waals surface area (Å²) >= 11 is 3.43. The zero-order valence-corrected chi connectivity index (χ0v) is 9.29. The third kappa shape index (κ3) is 1.63. The fourth-order valence-corrected chi connectivity index (χ4v) is 2.12. The van der Waals surface area contributed by atoms with Crippen LogP contribution in [0.3, 0.4) is 0 Å². The fourth-order valence-electron chi connectivity index (χ4n) is 0.937. The van der Waals surface area contributed by atoms with Crippen LogP contribution in [0.2, 0.25) is 0 Å². The van der Waals surface area contributed by atoms with Gasteiger partial charge in [0.15, 0.2) is 11.4 Å². The van der Waals surface area contributed by atoms with E-state index in [9.17, 15) is 4.79 Å². The van der Waals surface area contributed by atoms with E-state index in [0.717, 1.165) is 21.8 Å². The van der Waals surface area contributed by atoms with Gasteiger partial charge in [-0.25, -0.2) is 9.97 Å². The SMILES string of the molecule is O=Cc1ccc2nc(NI)sc2n1. The number of carbonyl (C=O) groups is 1. The number of pyridine rings is 1. The van der Waals surface area contributed by atoms with Crippen molar-refractivity contribution in [3.63, 3.8) is 0 Å². The van der Waals surface area contributed by atoms with Crippen LogP contribution >= 0.6 is 34.2 Å². The van der Waals surface area contributed by atoms with Crippen LogP contribution in [0.25, 0.3) is 10.3 Å². The Morgan fingerprint density at radius 2 is 2.31 bits per heavy atom. The molecule has 0 amide bonds. The molecule has 0 fully saturated rings. The zero-order valence-electron chi connectivity index (χ0n) is 6.32. The fraction of sp³-hybridized carbons (Fsp3) is 0. The van der Waals surface area contributed by atoms with Gasteiger partial charge in [0.2, 0.25) is 0 Å². The maximum Gasteiger partial charge on any atom is 0.194 e. The Morgan fingerprint density at radius 1 is 1.46 bits per heavy atom. The van der Waals surface area contributed by atoms with Gasteiger partial charge in [0.25, 0.3) is 0 Å². The number of hydrogen-bond acceptors (Lipinski definition) is 5. The van der Waals surface area contributed by atoms with E-state index in [-0.39, 0.29) is 0 Å². The Balaban J connectivity index is 2.63. The summed E-state index contributed by atoms with van der Waals surface area (Å²) in [5, 5.41) is 0.797. The molecule has 0 spiro atoms. The van der Waals surface area contributed by atoms with Crippen LogP contribution in [-0.2, 0) is 0 Å². The minimum atomic E-state index is 0.441. The van der Waals surface area contributed by atoms with Crippen LogP contribution in [0.5, 0.6) is 0 Å². The number of thiazole rings is 1. The summed E-state index contributed by atoms with van der Waals surface area (Å²) in [6, 6.07) is 3.45. The molecule has 2 heterocycles. The maximum absolute atomic E-state index is 10.4. The second-order valence-corrected chi connectivity index (χ2v) is 3.81. The van der Waals surface area contributed by atoms with Crippen molar-refractivity contribution >= 4 is 56.0 Å². The molecule has 2 rings (SSSR count). The van der Waals surface area contributed by atoms with Crippen molar-refractivity contribution in [2.45, 2.75) is 0 Å². The number of aldehydes is 1. The molecule has 4 nitrogen and oxygen atoms in total. The molecule has 1 N–H and O–H groups in total. The highest BCUT2D eigenvalue weighted by molar-refractivity contribution is 14.1. The highest BCUT2D eigenvalue weighted by Gasteiger charge is 2.03. The molecule has 66 valence electrons. The van der Waals surface area contributed by atoms with E-state index in [1.807, 2.05) is 22.9 Å². The van der Waals surface area contributed by atoms with Crippen molar-refractivity contribution in [2.24, 2.45) is 0 Å². The quantitative estimate of drug-likeness (QED) is 0.525. The minimum Gasteiger partial charge on any atom is -0.304 e. The van der Waals surface area contributed by atoms with Gasteiger partial charge < -0.3 is 3.53 Å². The highest BCUT2D eigenvalue weighted by atomic mass is 127. The highest BCUT2D eigenvalue weighted by Crippen LogP contribution is 2.24. The molecule has 0 aliphatic rings. The third-order valence-corrected chi connectivity index (χ3v) is 3.24. The van der Waals surface area contributed by atoms with Gasteiger partial charge in [0.1, 0.15) is 16.0 Å². The first-order valence-corrected chi connectivity index (χ1v) is 5.32. The van der Waals surface area contributed by atoms with Gasteiger partial charge in [-0.2, -0.15) is 0 Å². The topological polar surface area (TPSA) is 54.9 Å². The summed E-state index contributed by atoms with van der Waals surface area (Å²) in [6.45, 7) is 0. The van der Waals surface area contributed by atoms with E-state index >= 15 is 0 Å². The third-order valence-electron chi connectivity index (χ3n) is 1.48. The van der Waals surface area contributed by atoms with Crippen LogP contribution < -0.4 is 3.53 Å². The molecule has 2 aromatic heterocycles. The number of anilines is 1. The van der Waals surface area contributed by atoms with Crippen LogP contribution in [0.1, 0.15) is 10.5 Å². The smallest absolute Gasteiger partial charge is 0.194 e. The van der Waals surface area contributed by atoms with Crippen molar-refractivity contribution in [2.75, 3.05) is 3.53 Å². The molecule has 0 unspecified atom stereocenters. The van der Waals surface area contributed by atoms with Gasteiger partial charge in [0, 0.05) is 0 Å². The molecule has 0 saturated carbocycles. The van der Waals surface area contributed by atoms with Crippen molar-refractivity contribution in [3.05, 3.63) is 17.8 Å². The summed E-state index contributed by atoms with van der Waals surface area (Å²) in [5.41, 5.74) is 1.26. The van der Waals surface area contributed by atoms with Crippen molar-refractivity contribution in [1.29, 1.82) is 0 Å². The van der Waals surface area contributed by atoms with Crippen molar-refractivity contribution < 1.29 is 4.79 Å². The molecule has 13 heavy (non-hydrogen) atoms. The largest absolute Gasteiger partial charge is 0.304 e. The summed E-state index contributed by atoms with van der Waals surface area (Å²) in [7, 11) is 0. The van der Waals surface area contributed by atoms with Crippen LogP contribution in [-0.4, -0.2) is 16.3 Å². The number of rotatable bonds is 2. The van der Waals surface area contributed by atoms with Crippen LogP contribution in [0.4, 0.5) is 5.13 Å². The molecular weight excluding hydrogens is 301 g/mol. The number of carbonyl (C=O) groups excluding carboxylic acids is 1. The van der Waals surface area contributed by atoms with Gasteiger partial charge in [-0.15, -0.1) is 0 Å². The van der Waals surface area contributed by atoms with Gasteiger partial charge in [-0.05, 0) is 12.1 Å². The number of nitrogens with one attached hydrogen (secondary N) is 1. The summed E-state index contributed by atoms with van der Waals surface area (Å²) < 4.78 is 2.90.